The molecular formula is C22H26ClN3O3. The van der Waals surface area contributed by atoms with Crippen LogP contribution in [0.15, 0.2) is 36.7 Å². The lowest BCUT2D eigenvalue weighted by Crippen LogP contribution is -2.26. The van der Waals surface area contributed by atoms with Crippen molar-refractivity contribution in [2.45, 2.75) is 33.8 Å². The number of hydroxylamine groups is 1. The van der Waals surface area contributed by atoms with E-state index in [0.29, 0.717) is 29.0 Å². The van der Waals surface area contributed by atoms with E-state index in [1.165, 1.54) is 0 Å². The summed E-state index contributed by atoms with van der Waals surface area (Å²) in [5, 5.41) is 1.48. The summed E-state index contributed by atoms with van der Waals surface area (Å²) in [5.74, 6) is 0.552. The van der Waals surface area contributed by atoms with Crippen molar-refractivity contribution in [1.82, 2.24) is 15.0 Å². The molecule has 2 heterocycles. The van der Waals surface area contributed by atoms with Crippen LogP contribution in [0.25, 0.3) is 22.0 Å². The van der Waals surface area contributed by atoms with Gasteiger partial charge in [-0.2, -0.15) is 0 Å². The van der Waals surface area contributed by atoms with Crippen LogP contribution >= 0.6 is 11.6 Å². The fourth-order valence-electron chi connectivity index (χ4n) is 2.91. The molecule has 1 aromatic carbocycles. The quantitative estimate of drug-likeness (QED) is 0.551. The molecule has 2 aromatic heterocycles. The molecule has 0 aliphatic carbocycles. The van der Waals surface area contributed by atoms with Gasteiger partial charge in [0.1, 0.15) is 5.02 Å². The Morgan fingerprint density at radius 3 is 2.66 bits per heavy atom. The third-order valence-corrected chi connectivity index (χ3v) is 4.58. The van der Waals surface area contributed by atoms with E-state index >= 15 is 0 Å². The zero-order chi connectivity index (χ0) is 21.1. The van der Waals surface area contributed by atoms with Crippen molar-refractivity contribution < 1.29 is 14.4 Å². The molecule has 0 fully saturated rings. The fraction of sp³-hybridized carbons (Fsp3) is 0.364. The van der Waals surface area contributed by atoms with Crippen LogP contribution in [0.5, 0.6) is 5.88 Å². The van der Waals surface area contributed by atoms with Gasteiger partial charge in [-0.25, -0.2) is 10.5 Å². The minimum atomic E-state index is -0.278. The Bertz CT molecular complexity index is 1030. The van der Waals surface area contributed by atoms with Crippen molar-refractivity contribution in [3.63, 3.8) is 0 Å². The maximum absolute atomic E-state index is 12.3. The second-order valence-corrected chi connectivity index (χ2v) is 8.11. The highest BCUT2D eigenvalue weighted by molar-refractivity contribution is 6.32. The van der Waals surface area contributed by atoms with E-state index in [1.54, 1.807) is 12.3 Å². The van der Waals surface area contributed by atoms with Crippen LogP contribution in [-0.4, -0.2) is 28.2 Å². The Balaban J connectivity index is 1.91. The zero-order valence-corrected chi connectivity index (χ0v) is 18.1. The van der Waals surface area contributed by atoms with Crippen LogP contribution in [0.3, 0.4) is 0 Å². The standard InChI is InChI=1S/C22H26ClN3O3/c1-13(2)12-28-22-19(23)8-16(10-24-22)18-11-26(5)20-9-15(6-7-17(18)20)21(27)25-29-14(3)4/h6-11,13-14H,12H2,1-5H3,(H,25,27). The van der Waals surface area contributed by atoms with Crippen LogP contribution in [0.1, 0.15) is 38.1 Å². The predicted molar refractivity (Wildman–Crippen MR) is 115 cm³/mol. The van der Waals surface area contributed by atoms with Crippen LogP contribution in [-0.2, 0) is 11.9 Å². The van der Waals surface area contributed by atoms with Crippen LogP contribution < -0.4 is 10.2 Å². The number of amides is 1. The number of fused-ring (bicyclic) bond motifs is 1. The molecule has 0 saturated carbocycles. The molecule has 1 N–H and O–H groups in total. The van der Waals surface area contributed by atoms with Crippen LogP contribution in [0.4, 0.5) is 0 Å². The van der Waals surface area contributed by atoms with Gasteiger partial charge in [0.15, 0.2) is 0 Å². The summed E-state index contributed by atoms with van der Waals surface area (Å²) < 4.78 is 7.63. The number of pyridine rings is 1. The maximum atomic E-state index is 12.3. The molecule has 0 atom stereocenters. The number of benzene rings is 1. The van der Waals surface area contributed by atoms with E-state index < -0.39 is 0 Å². The van der Waals surface area contributed by atoms with E-state index in [0.717, 1.165) is 22.0 Å². The largest absolute Gasteiger partial charge is 0.476 e. The van der Waals surface area contributed by atoms with E-state index in [9.17, 15) is 4.79 Å². The number of nitrogens with one attached hydrogen (secondary N) is 1. The highest BCUT2D eigenvalue weighted by atomic mass is 35.5. The third-order valence-electron chi connectivity index (χ3n) is 4.31. The van der Waals surface area contributed by atoms with Gasteiger partial charge in [0.05, 0.1) is 12.7 Å². The van der Waals surface area contributed by atoms with Crippen molar-refractivity contribution in [3.05, 3.63) is 47.2 Å². The number of halogens is 1. The number of nitrogens with zero attached hydrogens (tertiary/aromatic N) is 2. The molecule has 0 unspecified atom stereocenters. The number of hydrogen-bond acceptors (Lipinski definition) is 4. The predicted octanol–water partition coefficient (Wildman–Crippen LogP) is 5.00. The minimum Gasteiger partial charge on any atom is -0.476 e. The molecule has 7 heteroatoms. The summed E-state index contributed by atoms with van der Waals surface area (Å²) in [6.45, 7) is 8.41. The molecule has 0 aliphatic rings. The molecule has 3 rings (SSSR count). The normalized spacial score (nSPS) is 11.4. The molecule has 154 valence electrons. The number of carbonyl (C=O) groups is 1. The van der Waals surface area contributed by atoms with E-state index in [1.807, 2.05) is 49.9 Å². The first-order valence-corrected chi connectivity index (χ1v) is 9.97. The lowest BCUT2D eigenvalue weighted by molar-refractivity contribution is 0.000198. The Labute approximate surface area is 175 Å². The number of carbonyl (C=O) groups excluding carboxylic acids is 1. The van der Waals surface area contributed by atoms with Gasteiger partial charge in [-0.15, -0.1) is 0 Å². The number of ether oxygens (including phenoxy) is 1. The second-order valence-electron chi connectivity index (χ2n) is 7.70. The van der Waals surface area contributed by atoms with Crippen molar-refractivity contribution in [2.24, 2.45) is 13.0 Å². The first kappa shape index (κ1) is 21.1. The lowest BCUT2D eigenvalue weighted by Gasteiger charge is -2.10. The molecule has 0 saturated heterocycles. The zero-order valence-electron chi connectivity index (χ0n) is 17.3. The van der Waals surface area contributed by atoms with Gasteiger partial charge < -0.3 is 9.30 Å². The van der Waals surface area contributed by atoms with Crippen LogP contribution in [0, 0.1) is 5.92 Å². The molecule has 0 aliphatic heterocycles. The monoisotopic (exact) mass is 415 g/mol. The average molecular weight is 416 g/mol. The van der Waals surface area contributed by atoms with Gasteiger partial charge in [-0.05, 0) is 38.0 Å². The fourth-order valence-corrected chi connectivity index (χ4v) is 3.13. The average Bonchev–Trinajstić information content (AvgIpc) is 3.01. The Kier molecular flexibility index (Phi) is 6.45. The first-order valence-electron chi connectivity index (χ1n) is 9.60. The van der Waals surface area contributed by atoms with Gasteiger partial charge >= 0.3 is 0 Å². The van der Waals surface area contributed by atoms with Crippen molar-refractivity contribution in [2.75, 3.05) is 6.61 Å². The maximum Gasteiger partial charge on any atom is 0.274 e. The smallest absolute Gasteiger partial charge is 0.274 e. The van der Waals surface area contributed by atoms with Gasteiger partial charge in [0.25, 0.3) is 5.91 Å². The molecule has 6 nitrogen and oxygen atoms in total. The van der Waals surface area contributed by atoms with Crippen molar-refractivity contribution in [3.8, 4) is 17.0 Å². The number of aryl methyl sites for hydroxylation is 1. The summed E-state index contributed by atoms with van der Waals surface area (Å²) in [4.78, 5) is 21.9. The van der Waals surface area contributed by atoms with Crippen molar-refractivity contribution >= 4 is 28.4 Å². The van der Waals surface area contributed by atoms with Gasteiger partial charge in [-0.3, -0.25) is 9.63 Å². The van der Waals surface area contributed by atoms with Gasteiger partial charge in [0, 0.05) is 47.0 Å². The summed E-state index contributed by atoms with van der Waals surface area (Å²) in [5.41, 5.74) is 5.79. The first-order chi connectivity index (χ1) is 13.8. The highest BCUT2D eigenvalue weighted by Crippen LogP contribution is 2.34. The molecular weight excluding hydrogens is 390 g/mol. The molecule has 0 radical (unpaired) electrons. The summed E-state index contributed by atoms with van der Waals surface area (Å²) in [6, 6.07) is 7.40. The van der Waals surface area contributed by atoms with Gasteiger partial charge in [0.2, 0.25) is 5.88 Å². The lowest BCUT2D eigenvalue weighted by atomic mass is 10.0. The molecule has 29 heavy (non-hydrogen) atoms. The van der Waals surface area contributed by atoms with E-state index in [-0.39, 0.29) is 12.0 Å². The molecule has 3 aromatic rings. The van der Waals surface area contributed by atoms with E-state index in [4.69, 9.17) is 21.2 Å². The number of hydrogen-bond donors (Lipinski definition) is 1. The third kappa shape index (κ3) is 4.89. The summed E-state index contributed by atoms with van der Waals surface area (Å²) in [7, 11) is 1.94. The Hall–Kier alpha value is -2.57. The SMILES string of the molecule is CC(C)COc1ncc(-c2cn(C)c3cc(C(=O)NOC(C)C)ccc23)cc1Cl. The second kappa shape index (κ2) is 8.84. The summed E-state index contributed by atoms with van der Waals surface area (Å²) in [6.07, 6.45) is 3.67. The molecule has 1 amide bonds. The van der Waals surface area contributed by atoms with Crippen molar-refractivity contribution in [1.29, 1.82) is 0 Å². The summed E-state index contributed by atoms with van der Waals surface area (Å²) >= 11 is 6.39. The van der Waals surface area contributed by atoms with Gasteiger partial charge in [-0.1, -0.05) is 31.5 Å². The number of rotatable bonds is 7. The number of aromatic nitrogens is 2. The Morgan fingerprint density at radius 2 is 2.00 bits per heavy atom. The topological polar surface area (TPSA) is 65.4 Å². The van der Waals surface area contributed by atoms with E-state index in [2.05, 4.69) is 24.3 Å². The Morgan fingerprint density at radius 1 is 1.24 bits per heavy atom. The minimum absolute atomic E-state index is 0.0888. The van der Waals surface area contributed by atoms with Crippen LogP contribution in [0.2, 0.25) is 5.02 Å². The highest BCUT2D eigenvalue weighted by Gasteiger charge is 2.15. The molecule has 0 spiro atoms. The molecule has 0 bridgehead atoms.